The van der Waals surface area contributed by atoms with Gasteiger partial charge in [0.05, 0.1) is 27.9 Å². The van der Waals surface area contributed by atoms with Crippen LogP contribution in [0.3, 0.4) is 0 Å². The van der Waals surface area contributed by atoms with Gasteiger partial charge in [0.25, 0.3) is 10.0 Å². The summed E-state index contributed by atoms with van der Waals surface area (Å²) >= 11 is 5.89. The van der Waals surface area contributed by atoms with Gasteiger partial charge in [-0.2, -0.15) is 0 Å². The normalized spacial score (nSPS) is 11.8. The van der Waals surface area contributed by atoms with Gasteiger partial charge in [-0.3, -0.25) is 4.31 Å². The maximum absolute atomic E-state index is 12.7. The first-order chi connectivity index (χ1) is 10.4. The van der Waals surface area contributed by atoms with Crippen LogP contribution in [0.25, 0.3) is 11.0 Å². The number of rotatable bonds is 3. The van der Waals surface area contributed by atoms with Crippen LogP contribution >= 0.6 is 11.6 Å². The Kier molecular flexibility index (Phi) is 3.58. The van der Waals surface area contributed by atoms with Gasteiger partial charge in [0.15, 0.2) is 0 Å². The minimum Gasteiger partial charge on any atom is -0.334 e. The molecule has 0 radical (unpaired) electrons. The topological polar surface area (TPSA) is 55.2 Å². The predicted molar refractivity (Wildman–Crippen MR) is 87.8 cm³/mol. The zero-order valence-electron chi connectivity index (χ0n) is 12.1. The molecule has 7 heteroatoms. The summed E-state index contributed by atoms with van der Waals surface area (Å²) in [6.45, 7) is 0. The Morgan fingerprint density at radius 3 is 2.68 bits per heavy atom. The maximum Gasteiger partial charge on any atom is 0.264 e. The highest BCUT2D eigenvalue weighted by Gasteiger charge is 2.22. The van der Waals surface area contributed by atoms with Gasteiger partial charge in [-0.05, 0) is 36.4 Å². The van der Waals surface area contributed by atoms with Crippen molar-refractivity contribution < 1.29 is 8.42 Å². The molecule has 0 aliphatic carbocycles. The number of halogens is 1. The molecule has 0 unspecified atom stereocenters. The van der Waals surface area contributed by atoms with Gasteiger partial charge in [0.2, 0.25) is 0 Å². The van der Waals surface area contributed by atoms with E-state index in [0.717, 1.165) is 11.0 Å². The molecule has 1 heterocycles. The Labute approximate surface area is 133 Å². The second-order valence-electron chi connectivity index (χ2n) is 4.96. The Balaban J connectivity index is 2.05. The smallest absolute Gasteiger partial charge is 0.264 e. The van der Waals surface area contributed by atoms with Crippen LogP contribution in [0.5, 0.6) is 0 Å². The SMILES string of the molecule is CN(c1ccc2c(c1)ncn2C)S(=O)(=O)c1cccc(Cl)c1. The second kappa shape index (κ2) is 5.30. The number of sulfonamides is 1. The molecule has 0 atom stereocenters. The third-order valence-corrected chi connectivity index (χ3v) is 5.54. The fourth-order valence-corrected chi connectivity index (χ4v) is 3.73. The number of hydrogen-bond donors (Lipinski definition) is 0. The molecule has 0 N–H and O–H groups in total. The van der Waals surface area contributed by atoms with E-state index in [1.165, 1.54) is 23.5 Å². The first-order valence-electron chi connectivity index (χ1n) is 6.55. The van der Waals surface area contributed by atoms with E-state index in [-0.39, 0.29) is 4.90 Å². The van der Waals surface area contributed by atoms with Gasteiger partial charge in [-0.25, -0.2) is 13.4 Å². The van der Waals surface area contributed by atoms with Crippen LogP contribution in [0.1, 0.15) is 0 Å². The quantitative estimate of drug-likeness (QED) is 0.739. The average molecular weight is 336 g/mol. The Bertz CT molecular complexity index is 950. The number of nitrogens with zero attached hydrogens (tertiary/aromatic N) is 3. The number of anilines is 1. The molecule has 0 fully saturated rings. The van der Waals surface area contributed by atoms with Crippen molar-refractivity contribution in [2.24, 2.45) is 7.05 Å². The predicted octanol–water partition coefficient (Wildman–Crippen LogP) is 3.05. The molecule has 3 aromatic rings. The maximum atomic E-state index is 12.7. The molecule has 0 amide bonds. The van der Waals surface area contributed by atoms with Gasteiger partial charge in [-0.1, -0.05) is 17.7 Å². The Morgan fingerprint density at radius 1 is 1.18 bits per heavy atom. The van der Waals surface area contributed by atoms with Crippen LogP contribution in [0.2, 0.25) is 5.02 Å². The molecule has 5 nitrogen and oxygen atoms in total. The van der Waals surface area contributed by atoms with Crippen molar-refractivity contribution in [1.82, 2.24) is 9.55 Å². The van der Waals surface area contributed by atoms with E-state index in [0.29, 0.717) is 10.7 Å². The average Bonchev–Trinajstić information content (AvgIpc) is 2.87. The van der Waals surface area contributed by atoms with Crippen LogP contribution in [0.15, 0.2) is 53.7 Å². The van der Waals surface area contributed by atoms with Crippen molar-refractivity contribution in [2.45, 2.75) is 4.90 Å². The molecule has 0 aliphatic rings. The lowest BCUT2D eigenvalue weighted by Crippen LogP contribution is -2.26. The summed E-state index contributed by atoms with van der Waals surface area (Å²) in [7, 11) is -0.258. The van der Waals surface area contributed by atoms with Gasteiger partial charge >= 0.3 is 0 Å². The van der Waals surface area contributed by atoms with Crippen LogP contribution in [0, 0.1) is 0 Å². The van der Waals surface area contributed by atoms with Crippen molar-refractivity contribution in [3.05, 3.63) is 53.8 Å². The van der Waals surface area contributed by atoms with E-state index in [1.807, 2.05) is 17.7 Å². The van der Waals surface area contributed by atoms with E-state index in [2.05, 4.69) is 4.98 Å². The summed E-state index contributed by atoms with van der Waals surface area (Å²) in [5, 5.41) is 0.384. The molecule has 1 aromatic heterocycles. The minimum atomic E-state index is -3.66. The number of benzene rings is 2. The summed E-state index contributed by atoms with van der Waals surface area (Å²) in [6.07, 6.45) is 1.69. The lowest BCUT2D eigenvalue weighted by atomic mass is 10.3. The third-order valence-electron chi connectivity index (χ3n) is 3.53. The summed E-state index contributed by atoms with van der Waals surface area (Å²) in [6, 6.07) is 11.6. The van der Waals surface area contributed by atoms with Crippen molar-refractivity contribution in [3.8, 4) is 0 Å². The van der Waals surface area contributed by atoms with Crippen LogP contribution in [-0.4, -0.2) is 25.0 Å². The van der Waals surface area contributed by atoms with Crippen molar-refractivity contribution in [3.63, 3.8) is 0 Å². The molecule has 0 aliphatic heterocycles. The fourth-order valence-electron chi connectivity index (χ4n) is 2.24. The monoisotopic (exact) mass is 335 g/mol. The number of hydrogen-bond acceptors (Lipinski definition) is 3. The molecule has 0 bridgehead atoms. The summed E-state index contributed by atoms with van der Waals surface area (Å²) < 4.78 is 28.4. The van der Waals surface area contributed by atoms with Crippen molar-refractivity contribution in [2.75, 3.05) is 11.4 Å². The zero-order valence-corrected chi connectivity index (χ0v) is 13.6. The Hall–Kier alpha value is -2.05. The van der Waals surface area contributed by atoms with E-state index in [1.54, 1.807) is 30.6 Å². The lowest BCUT2D eigenvalue weighted by Gasteiger charge is -2.19. The largest absolute Gasteiger partial charge is 0.334 e. The second-order valence-corrected chi connectivity index (χ2v) is 7.36. The number of aryl methyl sites for hydroxylation is 1. The van der Waals surface area contributed by atoms with Crippen molar-refractivity contribution >= 4 is 38.3 Å². The third kappa shape index (κ3) is 2.44. The molecule has 0 spiro atoms. The molecule has 0 saturated carbocycles. The minimum absolute atomic E-state index is 0.156. The van der Waals surface area contributed by atoms with Gasteiger partial charge in [0, 0.05) is 19.1 Å². The number of aromatic nitrogens is 2. The first-order valence-corrected chi connectivity index (χ1v) is 8.37. The van der Waals surface area contributed by atoms with Crippen LogP contribution < -0.4 is 4.31 Å². The molecule has 2 aromatic carbocycles. The fraction of sp³-hybridized carbons (Fsp3) is 0.133. The highest BCUT2D eigenvalue weighted by molar-refractivity contribution is 7.92. The van der Waals surface area contributed by atoms with E-state index in [9.17, 15) is 8.42 Å². The molecule has 3 rings (SSSR count). The highest BCUT2D eigenvalue weighted by atomic mass is 35.5. The van der Waals surface area contributed by atoms with Gasteiger partial charge in [0.1, 0.15) is 0 Å². The Morgan fingerprint density at radius 2 is 1.95 bits per heavy atom. The summed E-state index contributed by atoms with van der Waals surface area (Å²) in [5.41, 5.74) is 2.23. The zero-order chi connectivity index (χ0) is 15.9. The standard InChI is InChI=1S/C15H14ClN3O2S/c1-18-10-17-14-9-12(6-7-15(14)18)19(2)22(20,21)13-5-3-4-11(16)8-13/h3-10H,1-2H3. The van der Waals surface area contributed by atoms with E-state index < -0.39 is 10.0 Å². The summed E-state index contributed by atoms with van der Waals surface area (Å²) in [4.78, 5) is 4.41. The van der Waals surface area contributed by atoms with Gasteiger partial charge in [-0.15, -0.1) is 0 Å². The molecule has 114 valence electrons. The highest BCUT2D eigenvalue weighted by Crippen LogP contribution is 2.26. The van der Waals surface area contributed by atoms with Crippen LogP contribution in [0.4, 0.5) is 5.69 Å². The first kappa shape index (κ1) is 14.9. The molecular weight excluding hydrogens is 322 g/mol. The van der Waals surface area contributed by atoms with Gasteiger partial charge < -0.3 is 4.57 Å². The van der Waals surface area contributed by atoms with Crippen molar-refractivity contribution in [1.29, 1.82) is 0 Å². The van der Waals surface area contributed by atoms with E-state index >= 15 is 0 Å². The van der Waals surface area contributed by atoms with E-state index in [4.69, 9.17) is 11.6 Å². The summed E-state index contributed by atoms with van der Waals surface area (Å²) in [5.74, 6) is 0. The molecule has 0 saturated heterocycles. The van der Waals surface area contributed by atoms with Crippen LogP contribution in [-0.2, 0) is 17.1 Å². The number of fused-ring (bicyclic) bond motifs is 1. The molecule has 22 heavy (non-hydrogen) atoms. The number of imidazole rings is 1. The molecular formula is C15H14ClN3O2S. The lowest BCUT2D eigenvalue weighted by molar-refractivity contribution is 0.594.